The topological polar surface area (TPSA) is 89.3 Å². The van der Waals surface area contributed by atoms with Gasteiger partial charge in [0, 0.05) is 50.3 Å². The molecule has 1 aromatic heterocycles. The fraction of sp³-hybridized carbons (Fsp3) is 0.481. The first-order valence-corrected chi connectivity index (χ1v) is 14.7. The summed E-state index contributed by atoms with van der Waals surface area (Å²) < 4.78 is 88.1. The van der Waals surface area contributed by atoms with Crippen molar-refractivity contribution in [3.8, 4) is 5.75 Å². The van der Waals surface area contributed by atoms with Gasteiger partial charge in [-0.25, -0.2) is 22.2 Å². The maximum absolute atomic E-state index is 13.5. The van der Waals surface area contributed by atoms with Gasteiger partial charge < -0.3 is 4.74 Å². The Morgan fingerprint density at radius 1 is 1.12 bits per heavy atom. The fourth-order valence-corrected chi connectivity index (χ4v) is 6.48. The van der Waals surface area contributed by atoms with E-state index >= 15 is 0 Å². The van der Waals surface area contributed by atoms with Crippen LogP contribution in [0.15, 0.2) is 53.6 Å². The van der Waals surface area contributed by atoms with E-state index < -0.39 is 38.9 Å². The first-order chi connectivity index (χ1) is 19.0. The lowest BCUT2D eigenvalue weighted by Gasteiger charge is -2.30. The monoisotopic (exact) mass is 581 g/mol. The summed E-state index contributed by atoms with van der Waals surface area (Å²) in [5.74, 6) is 0.772. The molecule has 40 heavy (non-hydrogen) atoms. The van der Waals surface area contributed by atoms with Crippen molar-refractivity contribution in [2.24, 2.45) is 0 Å². The number of aromatic nitrogens is 3. The van der Waals surface area contributed by atoms with Gasteiger partial charge in [0.1, 0.15) is 11.9 Å². The summed E-state index contributed by atoms with van der Waals surface area (Å²) in [6.45, 7) is 4.31. The average Bonchev–Trinajstić information content (AvgIpc) is 3.37. The zero-order valence-corrected chi connectivity index (χ0v) is 22.8. The molecule has 2 aromatic carbocycles. The number of piperidine rings is 1. The molecule has 216 valence electrons. The summed E-state index contributed by atoms with van der Waals surface area (Å²) in [6, 6.07) is 8.96. The predicted octanol–water partition coefficient (Wildman–Crippen LogP) is 4.51. The third kappa shape index (κ3) is 6.64. The second-order valence-electron chi connectivity index (χ2n) is 10.4. The molecular formula is C27H31F4N5O3S. The Morgan fingerprint density at radius 3 is 2.65 bits per heavy atom. The molecule has 2 aliphatic rings. The Balaban J connectivity index is 1.23. The van der Waals surface area contributed by atoms with Gasteiger partial charge in [0.25, 0.3) is 0 Å². The lowest BCUT2D eigenvalue weighted by Crippen LogP contribution is -2.34. The second-order valence-corrected chi connectivity index (χ2v) is 12.1. The average molecular weight is 582 g/mol. The molecule has 3 aromatic rings. The molecule has 1 saturated heterocycles. The van der Waals surface area contributed by atoms with Crippen LogP contribution in [0.25, 0.3) is 0 Å². The van der Waals surface area contributed by atoms with E-state index in [0.717, 1.165) is 54.7 Å². The first kappa shape index (κ1) is 28.5. The molecule has 3 heterocycles. The van der Waals surface area contributed by atoms with Crippen molar-refractivity contribution in [1.82, 2.24) is 24.6 Å². The van der Waals surface area contributed by atoms with Gasteiger partial charge in [-0.1, -0.05) is 23.4 Å². The van der Waals surface area contributed by atoms with E-state index in [9.17, 15) is 26.0 Å². The molecule has 1 N–H and O–H groups in total. The van der Waals surface area contributed by atoms with E-state index in [1.807, 2.05) is 18.2 Å². The molecule has 8 nitrogen and oxygen atoms in total. The highest BCUT2D eigenvalue weighted by Gasteiger charge is 2.32. The number of hydrogen-bond donors (Lipinski definition) is 1. The van der Waals surface area contributed by atoms with Crippen molar-refractivity contribution >= 4 is 10.0 Å². The van der Waals surface area contributed by atoms with Crippen LogP contribution in [-0.4, -0.2) is 60.2 Å². The van der Waals surface area contributed by atoms with Gasteiger partial charge in [0.2, 0.25) is 10.0 Å². The number of fused-ring (bicyclic) bond motifs is 1. The van der Waals surface area contributed by atoms with Crippen LogP contribution in [0.4, 0.5) is 17.6 Å². The van der Waals surface area contributed by atoms with Crippen LogP contribution in [0.1, 0.15) is 54.6 Å². The van der Waals surface area contributed by atoms with Gasteiger partial charge in [-0.3, -0.25) is 4.90 Å². The van der Waals surface area contributed by atoms with Crippen molar-refractivity contribution < 1.29 is 30.7 Å². The molecule has 0 bridgehead atoms. The van der Waals surface area contributed by atoms with Gasteiger partial charge in [0.05, 0.1) is 28.8 Å². The van der Waals surface area contributed by atoms with E-state index in [0.29, 0.717) is 37.6 Å². The maximum atomic E-state index is 13.5. The second kappa shape index (κ2) is 11.5. The number of alkyl halides is 4. The minimum Gasteiger partial charge on any atom is -0.493 e. The van der Waals surface area contributed by atoms with Crippen molar-refractivity contribution in [3.05, 3.63) is 71.0 Å². The lowest BCUT2D eigenvalue weighted by molar-refractivity contribution is -0.137. The highest BCUT2D eigenvalue weighted by atomic mass is 32.2. The molecule has 2 aliphatic heterocycles. The Labute approximate surface area is 230 Å². The summed E-state index contributed by atoms with van der Waals surface area (Å²) in [6.07, 6.45) is -1.61. The van der Waals surface area contributed by atoms with Gasteiger partial charge in [-0.05, 0) is 49.6 Å². The highest BCUT2D eigenvalue weighted by Crippen LogP contribution is 2.35. The molecule has 0 aliphatic carbocycles. The Kier molecular flexibility index (Phi) is 8.16. The fourth-order valence-electron chi connectivity index (χ4n) is 5.19. The van der Waals surface area contributed by atoms with Crippen LogP contribution in [0, 0.1) is 0 Å². The molecule has 0 radical (unpaired) electrons. The molecule has 2 unspecified atom stereocenters. The number of ether oxygens (including phenoxy) is 1. The number of nitrogens with one attached hydrogen (secondary N) is 1. The van der Waals surface area contributed by atoms with Crippen molar-refractivity contribution in [2.45, 2.75) is 68.5 Å². The van der Waals surface area contributed by atoms with Crippen molar-refractivity contribution in [3.63, 3.8) is 0 Å². The van der Waals surface area contributed by atoms with Crippen LogP contribution < -0.4 is 9.46 Å². The van der Waals surface area contributed by atoms with Crippen LogP contribution in [0.5, 0.6) is 5.75 Å². The lowest BCUT2D eigenvalue weighted by atomic mass is 9.98. The Bertz CT molecular complexity index is 1440. The minimum atomic E-state index is -4.65. The maximum Gasteiger partial charge on any atom is 0.416 e. The molecule has 1 fully saturated rings. The normalized spacial score (nSPS) is 19.7. The van der Waals surface area contributed by atoms with Gasteiger partial charge in [-0.2, -0.15) is 13.2 Å². The third-order valence-electron chi connectivity index (χ3n) is 7.23. The summed E-state index contributed by atoms with van der Waals surface area (Å²) in [7, 11) is -4.18. The number of hydrogen-bond acceptors (Lipinski definition) is 6. The van der Waals surface area contributed by atoms with E-state index in [1.165, 1.54) is 0 Å². The largest absolute Gasteiger partial charge is 0.493 e. The molecule has 0 amide bonds. The zero-order chi connectivity index (χ0) is 28.5. The van der Waals surface area contributed by atoms with Crippen LogP contribution in [-0.2, 0) is 29.2 Å². The van der Waals surface area contributed by atoms with Crippen LogP contribution >= 0.6 is 0 Å². The third-order valence-corrected chi connectivity index (χ3v) is 8.82. The van der Waals surface area contributed by atoms with E-state index in [4.69, 9.17) is 4.74 Å². The van der Waals surface area contributed by atoms with Gasteiger partial charge >= 0.3 is 6.18 Å². The van der Waals surface area contributed by atoms with Crippen LogP contribution in [0.2, 0.25) is 0 Å². The van der Waals surface area contributed by atoms with Gasteiger partial charge in [0.15, 0.2) is 0 Å². The van der Waals surface area contributed by atoms with Gasteiger partial charge in [-0.15, -0.1) is 5.10 Å². The van der Waals surface area contributed by atoms with Crippen LogP contribution in [0.3, 0.4) is 0 Å². The van der Waals surface area contributed by atoms with E-state index in [-0.39, 0.29) is 12.5 Å². The summed E-state index contributed by atoms with van der Waals surface area (Å²) in [4.78, 5) is 1.78. The quantitative estimate of drug-likeness (QED) is 0.394. The number of rotatable bonds is 8. The predicted molar refractivity (Wildman–Crippen MR) is 139 cm³/mol. The SMILES string of the molecule is CC(Cc1cn(C2CCOc3cc(CN4CCC(F)CC4)ccc32)nn1)NS(=O)(=O)c1cccc(C(F)(F)F)c1. The molecule has 5 rings (SSSR count). The van der Waals surface area contributed by atoms with E-state index in [2.05, 4.69) is 19.9 Å². The molecule has 13 heteroatoms. The number of halogens is 4. The summed E-state index contributed by atoms with van der Waals surface area (Å²) in [5, 5.41) is 8.48. The summed E-state index contributed by atoms with van der Waals surface area (Å²) in [5.41, 5.74) is 1.57. The minimum absolute atomic E-state index is 0.113. The number of benzene rings is 2. The molecular weight excluding hydrogens is 550 g/mol. The smallest absolute Gasteiger partial charge is 0.416 e. The Hall–Kier alpha value is -3.03. The van der Waals surface area contributed by atoms with E-state index in [1.54, 1.807) is 17.8 Å². The summed E-state index contributed by atoms with van der Waals surface area (Å²) >= 11 is 0. The molecule has 0 saturated carbocycles. The molecule has 0 spiro atoms. The highest BCUT2D eigenvalue weighted by molar-refractivity contribution is 7.89. The Morgan fingerprint density at radius 2 is 1.90 bits per heavy atom. The number of nitrogens with zero attached hydrogens (tertiary/aromatic N) is 4. The number of likely N-dealkylation sites (tertiary alicyclic amines) is 1. The number of sulfonamides is 1. The van der Waals surface area contributed by atoms with Crippen molar-refractivity contribution in [2.75, 3.05) is 19.7 Å². The first-order valence-electron chi connectivity index (χ1n) is 13.2. The van der Waals surface area contributed by atoms with Crippen molar-refractivity contribution in [1.29, 1.82) is 0 Å². The molecule has 2 atom stereocenters. The zero-order valence-electron chi connectivity index (χ0n) is 21.9. The standard InChI is InChI=1S/C27H31F4N5O3S/c1-18(33-40(37,38)23-4-2-3-20(15-23)27(29,30)31)13-22-17-36(34-32-22)25-9-12-39-26-14-19(5-6-24(25)26)16-35-10-7-21(28)8-11-35/h2-6,14-15,17-18,21,25,33H,7-13,16H2,1H3.